The van der Waals surface area contributed by atoms with Crippen molar-refractivity contribution in [2.24, 2.45) is 17.6 Å². The van der Waals surface area contributed by atoms with Crippen molar-refractivity contribution < 1.29 is 0 Å². The maximum Gasteiger partial charge on any atom is 0.0137 e. The van der Waals surface area contributed by atoms with E-state index in [1.54, 1.807) is 0 Å². The van der Waals surface area contributed by atoms with Crippen molar-refractivity contribution in [3.05, 3.63) is 29.3 Å². The maximum atomic E-state index is 5.93. The van der Waals surface area contributed by atoms with Gasteiger partial charge in [0.05, 0.1) is 0 Å². The zero-order valence-corrected chi connectivity index (χ0v) is 12.6. The fourth-order valence-electron chi connectivity index (χ4n) is 2.77. The Morgan fingerprint density at radius 3 is 2.67 bits per heavy atom. The third-order valence-electron chi connectivity index (χ3n) is 4.26. The molecule has 2 N–H and O–H groups in total. The lowest BCUT2D eigenvalue weighted by molar-refractivity contribution is 0.306. The molecule has 0 aromatic heterocycles. The van der Waals surface area contributed by atoms with Crippen molar-refractivity contribution in [1.29, 1.82) is 0 Å². The number of aryl methyl sites for hydroxylation is 2. The lowest BCUT2D eigenvalue weighted by Crippen LogP contribution is -2.31. The van der Waals surface area contributed by atoms with Crippen LogP contribution in [0.3, 0.4) is 0 Å². The molecule has 1 aliphatic rings. The molecule has 18 heavy (non-hydrogen) atoms. The first-order chi connectivity index (χ1) is 8.60. The Morgan fingerprint density at radius 2 is 2.00 bits per heavy atom. The van der Waals surface area contributed by atoms with Gasteiger partial charge in [-0.05, 0) is 68.3 Å². The van der Waals surface area contributed by atoms with E-state index in [-0.39, 0.29) is 0 Å². The van der Waals surface area contributed by atoms with Crippen LogP contribution in [-0.2, 0) is 0 Å². The molecule has 0 spiro atoms. The summed E-state index contributed by atoms with van der Waals surface area (Å²) in [4.78, 5) is 1.41. The zero-order chi connectivity index (χ0) is 13.1. The molecule has 2 rings (SSSR count). The molecule has 1 fully saturated rings. The molecule has 0 bridgehead atoms. The smallest absolute Gasteiger partial charge is 0.0137 e. The molecule has 100 valence electrons. The van der Waals surface area contributed by atoms with Gasteiger partial charge in [0.25, 0.3) is 0 Å². The highest BCUT2D eigenvalue weighted by atomic mass is 32.2. The second-order valence-electron chi connectivity index (χ2n) is 5.82. The average molecular weight is 263 g/mol. The standard InChI is InChI=1S/C16H25NS/c1-11-4-6-14(10-17)16(8-11)18-15-7-5-12(2)13(3)9-15/h5,7,9,11,14,16H,4,6,8,10,17H2,1-3H3. The molecule has 1 saturated carbocycles. The minimum atomic E-state index is 0.702. The molecule has 1 nitrogen and oxygen atoms in total. The van der Waals surface area contributed by atoms with Crippen molar-refractivity contribution >= 4 is 11.8 Å². The van der Waals surface area contributed by atoms with Crippen LogP contribution in [-0.4, -0.2) is 11.8 Å². The van der Waals surface area contributed by atoms with E-state index >= 15 is 0 Å². The van der Waals surface area contributed by atoms with Gasteiger partial charge in [-0.15, -0.1) is 11.8 Å². The van der Waals surface area contributed by atoms with Crippen LogP contribution < -0.4 is 5.73 Å². The number of rotatable bonds is 3. The number of nitrogens with two attached hydrogens (primary N) is 1. The molecule has 1 aliphatic carbocycles. The molecule has 0 radical (unpaired) electrons. The van der Waals surface area contributed by atoms with Crippen LogP contribution in [0.5, 0.6) is 0 Å². The monoisotopic (exact) mass is 263 g/mol. The summed E-state index contributed by atoms with van der Waals surface area (Å²) in [5.41, 5.74) is 8.71. The summed E-state index contributed by atoms with van der Waals surface area (Å²) < 4.78 is 0. The Hall–Kier alpha value is -0.470. The highest BCUT2D eigenvalue weighted by Gasteiger charge is 2.28. The van der Waals surface area contributed by atoms with Gasteiger partial charge in [-0.2, -0.15) is 0 Å². The fraction of sp³-hybridized carbons (Fsp3) is 0.625. The first-order valence-corrected chi connectivity index (χ1v) is 7.92. The number of benzene rings is 1. The van der Waals surface area contributed by atoms with Gasteiger partial charge >= 0.3 is 0 Å². The van der Waals surface area contributed by atoms with Gasteiger partial charge in [0.2, 0.25) is 0 Å². The molecule has 1 aromatic rings. The van der Waals surface area contributed by atoms with Crippen LogP contribution in [0.1, 0.15) is 37.3 Å². The quantitative estimate of drug-likeness (QED) is 0.886. The van der Waals surface area contributed by atoms with Gasteiger partial charge in [-0.25, -0.2) is 0 Å². The van der Waals surface area contributed by atoms with Crippen molar-refractivity contribution in [3.8, 4) is 0 Å². The van der Waals surface area contributed by atoms with Crippen LogP contribution in [0, 0.1) is 25.7 Å². The van der Waals surface area contributed by atoms with E-state index in [2.05, 4.69) is 39.0 Å². The lowest BCUT2D eigenvalue weighted by Gasteiger charge is -2.33. The molecule has 1 aromatic carbocycles. The Kier molecular flexibility index (Phi) is 4.74. The minimum Gasteiger partial charge on any atom is -0.330 e. The fourth-order valence-corrected chi connectivity index (χ4v) is 4.37. The molecule has 0 aliphatic heterocycles. The Bertz CT molecular complexity index is 402. The van der Waals surface area contributed by atoms with Gasteiger partial charge < -0.3 is 5.73 Å². The van der Waals surface area contributed by atoms with Crippen LogP contribution in [0.15, 0.2) is 23.1 Å². The van der Waals surface area contributed by atoms with Crippen LogP contribution >= 0.6 is 11.8 Å². The van der Waals surface area contributed by atoms with E-state index in [0.717, 1.165) is 12.5 Å². The molecular weight excluding hydrogens is 238 g/mol. The topological polar surface area (TPSA) is 26.0 Å². The first kappa shape index (κ1) is 14.0. The van der Waals surface area contributed by atoms with E-state index in [4.69, 9.17) is 5.73 Å². The van der Waals surface area contributed by atoms with Crippen molar-refractivity contribution in [2.75, 3.05) is 6.54 Å². The average Bonchev–Trinajstić information content (AvgIpc) is 2.34. The van der Waals surface area contributed by atoms with Crippen LogP contribution in [0.25, 0.3) is 0 Å². The highest BCUT2D eigenvalue weighted by molar-refractivity contribution is 8.00. The molecule has 3 unspecified atom stereocenters. The normalized spacial score (nSPS) is 28.3. The SMILES string of the molecule is Cc1ccc(SC2CC(C)CCC2CN)cc1C. The highest BCUT2D eigenvalue weighted by Crippen LogP contribution is 2.39. The largest absolute Gasteiger partial charge is 0.330 e. The molecule has 0 saturated heterocycles. The summed E-state index contributed by atoms with van der Waals surface area (Å²) in [5.74, 6) is 1.56. The second kappa shape index (κ2) is 6.12. The van der Waals surface area contributed by atoms with Crippen LogP contribution in [0.4, 0.5) is 0 Å². The van der Waals surface area contributed by atoms with Crippen molar-refractivity contribution in [3.63, 3.8) is 0 Å². The third-order valence-corrected chi connectivity index (χ3v) is 5.67. The molecule has 2 heteroatoms. The summed E-state index contributed by atoms with van der Waals surface area (Å²) in [6.45, 7) is 7.59. The van der Waals surface area contributed by atoms with Crippen LogP contribution in [0.2, 0.25) is 0 Å². The summed E-state index contributed by atoms with van der Waals surface area (Å²) in [6.07, 6.45) is 3.98. The predicted molar refractivity (Wildman–Crippen MR) is 81.1 cm³/mol. The Labute approximate surface area is 116 Å². The van der Waals surface area contributed by atoms with E-state index in [9.17, 15) is 0 Å². The first-order valence-electron chi connectivity index (χ1n) is 7.04. The van der Waals surface area contributed by atoms with E-state index < -0.39 is 0 Å². The summed E-state index contributed by atoms with van der Waals surface area (Å²) in [7, 11) is 0. The summed E-state index contributed by atoms with van der Waals surface area (Å²) in [6, 6.07) is 6.83. The van der Waals surface area contributed by atoms with Gasteiger partial charge in [0.1, 0.15) is 0 Å². The number of hydrogen-bond acceptors (Lipinski definition) is 2. The molecule has 0 heterocycles. The van der Waals surface area contributed by atoms with E-state index in [1.807, 2.05) is 11.8 Å². The van der Waals surface area contributed by atoms with Crippen molar-refractivity contribution in [1.82, 2.24) is 0 Å². The summed E-state index contributed by atoms with van der Waals surface area (Å²) in [5, 5.41) is 0.709. The van der Waals surface area contributed by atoms with Gasteiger partial charge in [-0.1, -0.05) is 19.4 Å². The lowest BCUT2D eigenvalue weighted by atomic mass is 9.82. The Balaban J connectivity index is 2.08. The van der Waals surface area contributed by atoms with Gasteiger partial charge in [-0.3, -0.25) is 0 Å². The van der Waals surface area contributed by atoms with Gasteiger partial charge in [0, 0.05) is 10.1 Å². The minimum absolute atomic E-state index is 0.702. The third kappa shape index (κ3) is 3.30. The predicted octanol–water partition coefficient (Wildman–Crippen LogP) is 4.16. The second-order valence-corrected chi connectivity index (χ2v) is 7.13. The maximum absolute atomic E-state index is 5.93. The Morgan fingerprint density at radius 1 is 1.22 bits per heavy atom. The molecular formula is C16H25NS. The molecule has 3 atom stereocenters. The summed E-state index contributed by atoms with van der Waals surface area (Å²) >= 11 is 2.04. The van der Waals surface area contributed by atoms with E-state index in [0.29, 0.717) is 11.2 Å². The van der Waals surface area contributed by atoms with E-state index in [1.165, 1.54) is 35.3 Å². The number of hydrogen-bond donors (Lipinski definition) is 1. The zero-order valence-electron chi connectivity index (χ0n) is 11.8. The van der Waals surface area contributed by atoms with Crippen molar-refractivity contribution in [2.45, 2.75) is 50.2 Å². The molecule has 0 amide bonds. The number of thioether (sulfide) groups is 1. The van der Waals surface area contributed by atoms with Gasteiger partial charge in [0.15, 0.2) is 0 Å².